The molecule has 6 heteroatoms. The summed E-state index contributed by atoms with van der Waals surface area (Å²) in [4.78, 5) is 13.8. The molecule has 1 aromatic heterocycles. The van der Waals surface area contributed by atoms with Crippen molar-refractivity contribution >= 4 is 22.2 Å². The Morgan fingerprint density at radius 3 is 2.71 bits per heavy atom. The van der Waals surface area contributed by atoms with Crippen LogP contribution in [-0.2, 0) is 9.53 Å². The van der Waals surface area contributed by atoms with Crippen LogP contribution in [0.3, 0.4) is 0 Å². The topological polar surface area (TPSA) is 74.1 Å². The highest BCUT2D eigenvalue weighted by Gasteiger charge is 2.40. The van der Waals surface area contributed by atoms with Gasteiger partial charge in [0.05, 0.1) is 17.6 Å². The highest BCUT2D eigenvalue weighted by atomic mass is 32.1. The Labute approximate surface area is 129 Å². The minimum atomic E-state index is -0.501. The Kier molecular flexibility index (Phi) is 4.99. The summed E-state index contributed by atoms with van der Waals surface area (Å²) in [6, 6.07) is 2.19. The molecule has 1 aliphatic heterocycles. The molecule has 0 atom stereocenters. The van der Waals surface area contributed by atoms with Crippen LogP contribution in [0.25, 0.3) is 0 Å². The molecule has 1 fully saturated rings. The number of aryl methyl sites for hydroxylation is 1. The Hall–Kier alpha value is -1.42. The molecule has 114 valence electrons. The largest absolute Gasteiger partial charge is 0.384 e. The molecule has 21 heavy (non-hydrogen) atoms. The first-order chi connectivity index (χ1) is 10.0. The van der Waals surface area contributed by atoms with Gasteiger partial charge >= 0.3 is 0 Å². The summed E-state index contributed by atoms with van der Waals surface area (Å²) in [6.45, 7) is 5.90. The molecule has 2 rings (SSSR count). The number of nitriles is 1. The molecule has 5 nitrogen and oxygen atoms in total. The molecule has 0 bridgehead atoms. The summed E-state index contributed by atoms with van der Waals surface area (Å²) in [6.07, 6.45) is 1.50. The van der Waals surface area contributed by atoms with Gasteiger partial charge in [-0.15, -0.1) is 11.3 Å². The second kappa shape index (κ2) is 6.56. The zero-order chi connectivity index (χ0) is 15.5. The maximum Gasteiger partial charge on any atom is 0.233 e. The standard InChI is InChI=1S/C15H21N3O2S/c1-10-11(2)21-13(12(10)8-16)18-14(19)15(9-20-3)4-6-17-7-5-15/h17H,4-7,9H2,1-3H3,(H,18,19). The summed E-state index contributed by atoms with van der Waals surface area (Å²) in [5.74, 6) is -0.0383. The second-order valence-electron chi connectivity index (χ2n) is 5.52. The Morgan fingerprint density at radius 1 is 1.48 bits per heavy atom. The lowest BCUT2D eigenvalue weighted by atomic mass is 9.78. The predicted molar refractivity (Wildman–Crippen MR) is 83.6 cm³/mol. The van der Waals surface area contributed by atoms with Gasteiger partial charge in [0.25, 0.3) is 0 Å². The van der Waals surface area contributed by atoms with Crippen LogP contribution < -0.4 is 10.6 Å². The number of carbonyl (C=O) groups excluding carboxylic acids is 1. The van der Waals surface area contributed by atoms with Crippen molar-refractivity contribution in [1.82, 2.24) is 5.32 Å². The van der Waals surface area contributed by atoms with E-state index in [1.807, 2.05) is 13.8 Å². The van der Waals surface area contributed by atoms with Crippen molar-refractivity contribution in [2.24, 2.45) is 5.41 Å². The zero-order valence-electron chi connectivity index (χ0n) is 12.7. The maximum absolute atomic E-state index is 12.7. The first-order valence-corrected chi connectivity index (χ1v) is 7.87. The molecule has 1 aromatic rings. The minimum Gasteiger partial charge on any atom is -0.384 e. The molecule has 0 saturated carbocycles. The van der Waals surface area contributed by atoms with Crippen molar-refractivity contribution in [3.63, 3.8) is 0 Å². The van der Waals surface area contributed by atoms with E-state index in [0.29, 0.717) is 17.2 Å². The number of anilines is 1. The number of thiophene rings is 1. The predicted octanol–water partition coefficient (Wildman–Crippen LogP) is 2.19. The lowest BCUT2D eigenvalue weighted by Gasteiger charge is -2.35. The number of hydrogen-bond acceptors (Lipinski definition) is 5. The third-order valence-corrected chi connectivity index (χ3v) is 5.31. The molecule has 0 radical (unpaired) electrons. The van der Waals surface area contributed by atoms with E-state index < -0.39 is 5.41 Å². The molecule has 1 aliphatic rings. The van der Waals surface area contributed by atoms with Crippen LogP contribution in [0.1, 0.15) is 28.8 Å². The number of amides is 1. The molecular weight excluding hydrogens is 286 g/mol. The number of nitrogens with one attached hydrogen (secondary N) is 2. The lowest BCUT2D eigenvalue weighted by Crippen LogP contribution is -2.47. The number of methoxy groups -OCH3 is 1. The van der Waals surface area contributed by atoms with Crippen LogP contribution in [0.5, 0.6) is 0 Å². The summed E-state index contributed by atoms with van der Waals surface area (Å²) in [5.41, 5.74) is 1.02. The van der Waals surface area contributed by atoms with Gasteiger partial charge in [0.2, 0.25) is 5.91 Å². The highest BCUT2D eigenvalue weighted by Crippen LogP contribution is 2.35. The van der Waals surface area contributed by atoms with Gasteiger partial charge in [0.15, 0.2) is 0 Å². The molecular formula is C15H21N3O2S. The molecule has 1 amide bonds. The minimum absolute atomic E-state index is 0.0383. The Bertz CT molecular complexity index is 563. The van der Waals surface area contributed by atoms with Gasteiger partial charge in [-0.25, -0.2) is 0 Å². The van der Waals surface area contributed by atoms with Crippen LogP contribution in [0, 0.1) is 30.6 Å². The van der Waals surface area contributed by atoms with Crippen molar-refractivity contribution in [3.8, 4) is 6.07 Å². The molecule has 0 unspecified atom stereocenters. The molecule has 1 saturated heterocycles. The number of carbonyl (C=O) groups is 1. The Morgan fingerprint density at radius 2 is 2.14 bits per heavy atom. The fourth-order valence-electron chi connectivity index (χ4n) is 2.70. The number of hydrogen-bond donors (Lipinski definition) is 2. The van der Waals surface area contributed by atoms with Gasteiger partial charge in [-0.2, -0.15) is 5.26 Å². The molecule has 0 aromatic carbocycles. The molecule has 0 aliphatic carbocycles. The van der Waals surface area contributed by atoms with Gasteiger partial charge in [-0.1, -0.05) is 0 Å². The van der Waals surface area contributed by atoms with Gasteiger partial charge in [-0.3, -0.25) is 4.79 Å². The van der Waals surface area contributed by atoms with Crippen molar-refractivity contribution in [3.05, 3.63) is 16.0 Å². The van der Waals surface area contributed by atoms with E-state index in [2.05, 4.69) is 16.7 Å². The fourth-order valence-corrected chi connectivity index (χ4v) is 3.71. The average molecular weight is 307 g/mol. The van der Waals surface area contributed by atoms with Gasteiger partial charge in [-0.05, 0) is 45.3 Å². The van der Waals surface area contributed by atoms with E-state index >= 15 is 0 Å². The van der Waals surface area contributed by atoms with Gasteiger partial charge in [0.1, 0.15) is 11.1 Å². The van der Waals surface area contributed by atoms with Crippen LogP contribution in [-0.4, -0.2) is 32.7 Å². The van der Waals surface area contributed by atoms with Crippen LogP contribution in [0.15, 0.2) is 0 Å². The first kappa shape index (κ1) is 16.0. The van der Waals surface area contributed by atoms with E-state index in [1.54, 1.807) is 7.11 Å². The summed E-state index contributed by atoms with van der Waals surface area (Å²) in [5, 5.41) is 16.2. The normalized spacial score (nSPS) is 17.2. The summed E-state index contributed by atoms with van der Waals surface area (Å²) >= 11 is 1.46. The van der Waals surface area contributed by atoms with Gasteiger partial charge < -0.3 is 15.4 Å². The summed E-state index contributed by atoms with van der Waals surface area (Å²) in [7, 11) is 1.62. The van der Waals surface area contributed by atoms with E-state index in [-0.39, 0.29) is 5.91 Å². The monoisotopic (exact) mass is 307 g/mol. The smallest absolute Gasteiger partial charge is 0.233 e. The second-order valence-corrected chi connectivity index (χ2v) is 6.74. The van der Waals surface area contributed by atoms with Crippen LogP contribution in [0.4, 0.5) is 5.00 Å². The summed E-state index contributed by atoms with van der Waals surface area (Å²) < 4.78 is 5.28. The van der Waals surface area contributed by atoms with E-state index in [4.69, 9.17) is 4.74 Å². The molecule has 0 spiro atoms. The average Bonchev–Trinajstić information content (AvgIpc) is 2.74. The fraction of sp³-hybridized carbons (Fsp3) is 0.600. The van der Waals surface area contributed by atoms with Crippen molar-refractivity contribution in [2.45, 2.75) is 26.7 Å². The zero-order valence-corrected chi connectivity index (χ0v) is 13.5. The van der Waals surface area contributed by atoms with E-state index in [1.165, 1.54) is 11.3 Å². The SMILES string of the molecule is COCC1(C(=O)Nc2sc(C)c(C)c2C#N)CCNCC1. The van der Waals surface area contributed by atoms with Crippen molar-refractivity contribution < 1.29 is 9.53 Å². The maximum atomic E-state index is 12.7. The number of rotatable bonds is 4. The molecule has 2 N–H and O–H groups in total. The Balaban J connectivity index is 2.23. The number of piperidine rings is 1. The van der Waals surface area contributed by atoms with Crippen LogP contribution >= 0.6 is 11.3 Å². The van der Waals surface area contributed by atoms with E-state index in [9.17, 15) is 10.1 Å². The third kappa shape index (κ3) is 3.10. The third-order valence-electron chi connectivity index (χ3n) is 4.19. The number of ether oxygens (including phenoxy) is 1. The quantitative estimate of drug-likeness (QED) is 0.894. The van der Waals surface area contributed by atoms with Gasteiger partial charge in [0, 0.05) is 12.0 Å². The number of nitrogens with zero attached hydrogens (tertiary/aromatic N) is 1. The van der Waals surface area contributed by atoms with E-state index in [0.717, 1.165) is 36.4 Å². The molecule has 2 heterocycles. The van der Waals surface area contributed by atoms with Crippen molar-refractivity contribution in [2.75, 3.05) is 32.1 Å². The lowest BCUT2D eigenvalue weighted by molar-refractivity contribution is -0.130. The first-order valence-electron chi connectivity index (χ1n) is 7.05. The van der Waals surface area contributed by atoms with Crippen LogP contribution in [0.2, 0.25) is 0 Å². The van der Waals surface area contributed by atoms with Crippen molar-refractivity contribution in [1.29, 1.82) is 5.26 Å². The highest BCUT2D eigenvalue weighted by molar-refractivity contribution is 7.16.